The van der Waals surface area contributed by atoms with Gasteiger partial charge in [0.25, 0.3) is 0 Å². The molecule has 0 bridgehead atoms. The molecular formula is C12H6ClF2NO. The van der Waals surface area contributed by atoms with Gasteiger partial charge in [0.2, 0.25) is 0 Å². The Morgan fingerprint density at radius 3 is 2.41 bits per heavy atom. The summed E-state index contributed by atoms with van der Waals surface area (Å²) in [5.74, 6) is -2.49. The van der Waals surface area contributed by atoms with E-state index in [1.165, 1.54) is 24.4 Å². The minimum atomic E-state index is -1.06. The van der Waals surface area contributed by atoms with Gasteiger partial charge in [-0.3, -0.25) is 4.79 Å². The summed E-state index contributed by atoms with van der Waals surface area (Å²) in [6, 6.07) is 5.80. The maximum Gasteiger partial charge on any atom is 0.193 e. The van der Waals surface area contributed by atoms with Crippen molar-refractivity contribution in [1.29, 1.82) is 0 Å². The van der Waals surface area contributed by atoms with Crippen LogP contribution in [0.2, 0.25) is 5.15 Å². The van der Waals surface area contributed by atoms with E-state index in [9.17, 15) is 13.6 Å². The number of nitrogens with zero attached hydrogens (tertiary/aromatic N) is 1. The first-order valence-electron chi connectivity index (χ1n) is 4.69. The summed E-state index contributed by atoms with van der Waals surface area (Å²) in [5, 5.41) is 0.165. The number of benzene rings is 1. The molecule has 1 aromatic carbocycles. The lowest BCUT2D eigenvalue weighted by Gasteiger charge is -2.02. The number of hydrogen-bond acceptors (Lipinski definition) is 2. The molecule has 0 atom stereocenters. The number of rotatable bonds is 2. The molecule has 0 amide bonds. The molecule has 0 aliphatic heterocycles. The lowest BCUT2D eigenvalue weighted by atomic mass is 10.0. The summed E-state index contributed by atoms with van der Waals surface area (Å²) in [7, 11) is 0. The Morgan fingerprint density at radius 1 is 1.06 bits per heavy atom. The van der Waals surface area contributed by atoms with E-state index in [1.807, 2.05) is 0 Å². The molecule has 17 heavy (non-hydrogen) atoms. The molecule has 0 spiro atoms. The molecule has 0 aliphatic carbocycles. The molecular weight excluding hydrogens is 248 g/mol. The molecule has 0 saturated heterocycles. The molecule has 1 heterocycles. The quantitative estimate of drug-likeness (QED) is 0.607. The Labute approximate surface area is 101 Å². The van der Waals surface area contributed by atoms with Crippen LogP contribution in [0.1, 0.15) is 15.9 Å². The number of carbonyl (C=O) groups is 1. The summed E-state index contributed by atoms with van der Waals surface area (Å²) in [5.41, 5.74) is 0.335. The Morgan fingerprint density at radius 2 is 1.76 bits per heavy atom. The standard InChI is InChI=1S/C12H6ClF2NO/c13-11-6-8(3-4-16-11)12(17)7-1-2-9(14)10(15)5-7/h1-6H. The third-order valence-corrected chi connectivity index (χ3v) is 2.38. The molecule has 0 radical (unpaired) electrons. The van der Waals surface area contributed by atoms with Crippen LogP contribution in [0.25, 0.3) is 0 Å². The third-order valence-electron chi connectivity index (χ3n) is 2.17. The number of halogens is 3. The summed E-state index contributed by atoms with van der Waals surface area (Å²) in [6.07, 6.45) is 1.37. The zero-order chi connectivity index (χ0) is 12.4. The van der Waals surface area contributed by atoms with Crippen molar-refractivity contribution >= 4 is 17.4 Å². The number of ketones is 1. The molecule has 0 fully saturated rings. The summed E-state index contributed by atoms with van der Waals surface area (Å²) in [6.45, 7) is 0. The summed E-state index contributed by atoms with van der Waals surface area (Å²) in [4.78, 5) is 15.6. The topological polar surface area (TPSA) is 30.0 Å². The van der Waals surface area contributed by atoms with Gasteiger partial charge in [-0.05, 0) is 30.3 Å². The van der Waals surface area contributed by atoms with Crippen LogP contribution in [0.15, 0.2) is 36.5 Å². The highest BCUT2D eigenvalue weighted by molar-refractivity contribution is 6.29. The molecule has 0 N–H and O–H groups in total. The molecule has 2 nitrogen and oxygen atoms in total. The number of pyridine rings is 1. The van der Waals surface area contributed by atoms with Crippen molar-refractivity contribution in [2.45, 2.75) is 0 Å². The Bertz CT molecular complexity index is 586. The smallest absolute Gasteiger partial charge is 0.193 e. The second-order valence-corrected chi connectivity index (χ2v) is 3.71. The van der Waals surface area contributed by atoms with Gasteiger partial charge in [-0.1, -0.05) is 11.6 Å². The van der Waals surface area contributed by atoms with Crippen molar-refractivity contribution in [3.05, 3.63) is 64.4 Å². The highest BCUT2D eigenvalue weighted by atomic mass is 35.5. The average Bonchev–Trinajstić information content (AvgIpc) is 2.32. The first-order chi connectivity index (χ1) is 8.08. The Kier molecular flexibility index (Phi) is 3.15. The highest BCUT2D eigenvalue weighted by Gasteiger charge is 2.12. The molecule has 2 aromatic rings. The van der Waals surface area contributed by atoms with Crippen molar-refractivity contribution in [2.24, 2.45) is 0 Å². The van der Waals surface area contributed by atoms with E-state index in [4.69, 9.17) is 11.6 Å². The molecule has 0 unspecified atom stereocenters. The Hall–Kier alpha value is -1.81. The molecule has 0 aliphatic rings. The number of aromatic nitrogens is 1. The number of carbonyl (C=O) groups excluding carboxylic acids is 1. The van der Waals surface area contributed by atoms with Crippen LogP contribution in [0.5, 0.6) is 0 Å². The van der Waals surface area contributed by atoms with E-state index in [1.54, 1.807) is 0 Å². The zero-order valence-electron chi connectivity index (χ0n) is 8.45. The Balaban J connectivity index is 2.40. The van der Waals surface area contributed by atoms with Gasteiger partial charge >= 0.3 is 0 Å². The highest BCUT2D eigenvalue weighted by Crippen LogP contribution is 2.15. The average molecular weight is 254 g/mol. The van der Waals surface area contributed by atoms with Crippen LogP contribution in [0.4, 0.5) is 8.78 Å². The van der Waals surface area contributed by atoms with Gasteiger partial charge in [-0.15, -0.1) is 0 Å². The van der Waals surface area contributed by atoms with E-state index in [0.29, 0.717) is 0 Å². The maximum atomic E-state index is 13.0. The van der Waals surface area contributed by atoms with Gasteiger partial charge in [0.05, 0.1) is 0 Å². The van der Waals surface area contributed by atoms with Crippen molar-refractivity contribution in [1.82, 2.24) is 4.98 Å². The lowest BCUT2D eigenvalue weighted by molar-refractivity contribution is 0.103. The van der Waals surface area contributed by atoms with Crippen molar-refractivity contribution < 1.29 is 13.6 Å². The zero-order valence-corrected chi connectivity index (χ0v) is 9.21. The van der Waals surface area contributed by atoms with Crippen LogP contribution < -0.4 is 0 Å². The fraction of sp³-hybridized carbons (Fsp3) is 0. The molecule has 0 saturated carbocycles. The molecule has 1 aromatic heterocycles. The van der Waals surface area contributed by atoms with Gasteiger partial charge in [-0.2, -0.15) is 0 Å². The molecule has 5 heteroatoms. The van der Waals surface area contributed by atoms with Crippen LogP contribution in [-0.4, -0.2) is 10.8 Å². The minimum Gasteiger partial charge on any atom is -0.289 e. The van der Waals surface area contributed by atoms with Crippen LogP contribution in [0.3, 0.4) is 0 Å². The van der Waals surface area contributed by atoms with E-state index in [-0.39, 0.29) is 16.3 Å². The van der Waals surface area contributed by atoms with E-state index < -0.39 is 17.4 Å². The first-order valence-corrected chi connectivity index (χ1v) is 5.07. The van der Waals surface area contributed by atoms with Gasteiger partial charge in [-0.25, -0.2) is 13.8 Å². The SMILES string of the molecule is O=C(c1ccnc(Cl)c1)c1ccc(F)c(F)c1. The largest absolute Gasteiger partial charge is 0.289 e. The predicted octanol–water partition coefficient (Wildman–Crippen LogP) is 3.24. The fourth-order valence-electron chi connectivity index (χ4n) is 1.35. The maximum absolute atomic E-state index is 13.0. The van der Waals surface area contributed by atoms with E-state index >= 15 is 0 Å². The summed E-state index contributed by atoms with van der Waals surface area (Å²) < 4.78 is 25.7. The minimum absolute atomic E-state index is 0.0613. The van der Waals surface area contributed by atoms with Gasteiger partial charge in [0.15, 0.2) is 17.4 Å². The van der Waals surface area contributed by atoms with Gasteiger partial charge in [0.1, 0.15) is 5.15 Å². The van der Waals surface area contributed by atoms with Gasteiger partial charge in [0, 0.05) is 17.3 Å². The lowest BCUT2D eigenvalue weighted by Crippen LogP contribution is -2.02. The van der Waals surface area contributed by atoms with Gasteiger partial charge < -0.3 is 0 Å². The van der Waals surface area contributed by atoms with E-state index in [0.717, 1.165) is 12.1 Å². The van der Waals surface area contributed by atoms with E-state index in [2.05, 4.69) is 4.98 Å². The second kappa shape index (κ2) is 4.59. The van der Waals surface area contributed by atoms with Crippen molar-refractivity contribution in [3.63, 3.8) is 0 Å². The van der Waals surface area contributed by atoms with Crippen molar-refractivity contribution in [2.75, 3.05) is 0 Å². The second-order valence-electron chi connectivity index (χ2n) is 3.33. The number of hydrogen-bond donors (Lipinski definition) is 0. The first kappa shape index (κ1) is 11.7. The summed E-state index contributed by atoms with van der Waals surface area (Å²) >= 11 is 5.64. The molecule has 86 valence electrons. The van der Waals surface area contributed by atoms with Crippen LogP contribution in [-0.2, 0) is 0 Å². The van der Waals surface area contributed by atoms with Crippen molar-refractivity contribution in [3.8, 4) is 0 Å². The predicted molar refractivity (Wildman–Crippen MR) is 59.0 cm³/mol. The van der Waals surface area contributed by atoms with Crippen LogP contribution in [0, 0.1) is 11.6 Å². The van der Waals surface area contributed by atoms with Crippen LogP contribution >= 0.6 is 11.6 Å². The fourth-order valence-corrected chi connectivity index (χ4v) is 1.52. The third kappa shape index (κ3) is 2.47. The molecule has 2 rings (SSSR count). The monoisotopic (exact) mass is 253 g/mol. The normalized spacial score (nSPS) is 10.3.